The van der Waals surface area contributed by atoms with Crippen molar-refractivity contribution in [1.82, 2.24) is 5.43 Å². The summed E-state index contributed by atoms with van der Waals surface area (Å²) < 4.78 is 0. The van der Waals surface area contributed by atoms with Gasteiger partial charge in [-0.2, -0.15) is 0 Å². The lowest BCUT2D eigenvalue weighted by molar-refractivity contribution is -0.123. The fraction of sp³-hybridized carbons (Fsp3) is 0.125. The molecule has 0 aromatic heterocycles. The van der Waals surface area contributed by atoms with Crippen LogP contribution in [0.15, 0.2) is 47.4 Å². The van der Waals surface area contributed by atoms with Crippen molar-refractivity contribution < 1.29 is 9.59 Å². The number of halogens is 2. The Morgan fingerprint density at radius 2 is 1.96 bits per heavy atom. The molecule has 5 nitrogen and oxygen atoms in total. The number of thioether (sulfide) groups is 1. The first-order chi connectivity index (χ1) is 11.5. The highest BCUT2D eigenvalue weighted by atomic mass is 35.5. The van der Waals surface area contributed by atoms with E-state index in [0.717, 1.165) is 10.6 Å². The second kappa shape index (κ2) is 7.34. The summed E-state index contributed by atoms with van der Waals surface area (Å²) in [5.41, 5.74) is 6.68. The average molecular weight is 382 g/mol. The zero-order valence-electron chi connectivity index (χ0n) is 12.3. The molecule has 0 fully saturated rings. The number of para-hydroxylation sites is 1. The van der Waals surface area contributed by atoms with E-state index in [1.807, 2.05) is 24.3 Å². The van der Waals surface area contributed by atoms with Crippen molar-refractivity contribution in [1.29, 1.82) is 0 Å². The molecule has 1 heterocycles. The molecule has 0 bridgehead atoms. The van der Waals surface area contributed by atoms with Crippen LogP contribution < -0.4 is 16.2 Å². The molecule has 0 radical (unpaired) electrons. The summed E-state index contributed by atoms with van der Waals surface area (Å²) in [6, 6.07) is 12.4. The molecule has 0 saturated carbocycles. The summed E-state index contributed by atoms with van der Waals surface area (Å²) in [6.07, 6.45) is 0.0547. The molecule has 0 aliphatic carbocycles. The van der Waals surface area contributed by atoms with E-state index in [1.165, 1.54) is 11.8 Å². The third-order valence-corrected chi connectivity index (χ3v) is 5.36. The number of fused-ring (bicyclic) bond motifs is 1. The van der Waals surface area contributed by atoms with Gasteiger partial charge in [-0.15, -0.1) is 11.8 Å². The topological polar surface area (TPSA) is 70.2 Å². The van der Waals surface area contributed by atoms with Crippen molar-refractivity contribution in [3.05, 3.63) is 52.5 Å². The Bertz CT molecular complexity index is 801. The molecule has 24 heavy (non-hydrogen) atoms. The first-order valence-corrected chi connectivity index (χ1v) is 8.73. The molecule has 2 amide bonds. The minimum atomic E-state index is -0.476. The van der Waals surface area contributed by atoms with Gasteiger partial charge in [-0.05, 0) is 30.3 Å². The van der Waals surface area contributed by atoms with E-state index in [-0.39, 0.29) is 18.2 Å². The molecule has 124 valence electrons. The molecular weight excluding hydrogens is 369 g/mol. The van der Waals surface area contributed by atoms with E-state index >= 15 is 0 Å². The van der Waals surface area contributed by atoms with Crippen LogP contribution >= 0.6 is 35.0 Å². The predicted octanol–water partition coefficient (Wildman–Crippen LogP) is 3.94. The lowest BCUT2D eigenvalue weighted by Gasteiger charge is -2.23. The fourth-order valence-electron chi connectivity index (χ4n) is 2.16. The summed E-state index contributed by atoms with van der Waals surface area (Å²) in [7, 11) is 0. The third-order valence-electron chi connectivity index (χ3n) is 3.34. The molecule has 2 aromatic rings. The van der Waals surface area contributed by atoms with Crippen LogP contribution in [0.4, 0.5) is 11.4 Å². The third kappa shape index (κ3) is 3.95. The van der Waals surface area contributed by atoms with Crippen LogP contribution in [-0.2, 0) is 9.59 Å². The Morgan fingerprint density at radius 3 is 2.75 bits per heavy atom. The highest BCUT2D eigenvalue weighted by Crippen LogP contribution is 2.36. The van der Waals surface area contributed by atoms with E-state index in [2.05, 4.69) is 16.2 Å². The molecule has 0 spiro atoms. The Balaban J connectivity index is 1.57. The first kappa shape index (κ1) is 17.0. The second-order valence-electron chi connectivity index (χ2n) is 5.10. The van der Waals surface area contributed by atoms with Crippen molar-refractivity contribution in [2.24, 2.45) is 0 Å². The highest BCUT2D eigenvalue weighted by molar-refractivity contribution is 8.01. The van der Waals surface area contributed by atoms with E-state index < -0.39 is 5.25 Å². The van der Waals surface area contributed by atoms with Gasteiger partial charge < -0.3 is 5.32 Å². The molecule has 1 aliphatic heterocycles. The van der Waals surface area contributed by atoms with Gasteiger partial charge in [0.2, 0.25) is 11.8 Å². The summed E-state index contributed by atoms with van der Waals surface area (Å²) in [6.45, 7) is 0. The zero-order valence-corrected chi connectivity index (χ0v) is 14.6. The van der Waals surface area contributed by atoms with Crippen molar-refractivity contribution in [2.45, 2.75) is 16.6 Å². The van der Waals surface area contributed by atoms with E-state index in [1.54, 1.807) is 18.2 Å². The number of carbonyl (C=O) groups is 2. The predicted molar refractivity (Wildman–Crippen MR) is 97.6 cm³/mol. The molecule has 8 heteroatoms. The van der Waals surface area contributed by atoms with Crippen LogP contribution in [0.2, 0.25) is 10.0 Å². The van der Waals surface area contributed by atoms with Crippen LogP contribution in [0.5, 0.6) is 0 Å². The summed E-state index contributed by atoms with van der Waals surface area (Å²) in [5.74, 6) is -0.475. The van der Waals surface area contributed by atoms with Crippen molar-refractivity contribution in [3.8, 4) is 0 Å². The number of hydrogen-bond acceptors (Lipinski definition) is 4. The molecule has 1 aliphatic rings. The van der Waals surface area contributed by atoms with Crippen LogP contribution in [-0.4, -0.2) is 17.1 Å². The average Bonchev–Trinajstić information content (AvgIpc) is 2.56. The standard InChI is InChI=1S/C16H13Cl2N3O2S/c17-10-6-5-9(7-11(10)18)20-21-15(22)8-14-16(23)19-12-3-1-2-4-13(12)24-14/h1-7,14,20H,8H2,(H,19,23)(H,21,22)/t14-/m0/s1. The lowest BCUT2D eigenvalue weighted by atomic mass is 10.2. The normalized spacial score (nSPS) is 16.1. The minimum Gasteiger partial charge on any atom is -0.324 e. The van der Waals surface area contributed by atoms with Gasteiger partial charge in [-0.1, -0.05) is 35.3 Å². The van der Waals surface area contributed by atoms with Gasteiger partial charge >= 0.3 is 0 Å². The molecule has 0 saturated heterocycles. The number of hydrogen-bond donors (Lipinski definition) is 3. The van der Waals surface area contributed by atoms with Crippen molar-refractivity contribution in [2.75, 3.05) is 10.7 Å². The number of nitrogens with one attached hydrogen (secondary N) is 3. The maximum Gasteiger partial charge on any atom is 0.239 e. The van der Waals surface area contributed by atoms with Crippen LogP contribution in [0.1, 0.15) is 6.42 Å². The van der Waals surface area contributed by atoms with Crippen LogP contribution in [0.3, 0.4) is 0 Å². The quantitative estimate of drug-likeness (QED) is 0.701. The number of amides is 2. The lowest BCUT2D eigenvalue weighted by Crippen LogP contribution is -2.36. The number of anilines is 2. The molecule has 1 atom stereocenters. The highest BCUT2D eigenvalue weighted by Gasteiger charge is 2.28. The van der Waals surface area contributed by atoms with E-state index in [4.69, 9.17) is 23.2 Å². The molecule has 2 aromatic carbocycles. The van der Waals surface area contributed by atoms with Gasteiger partial charge in [-0.25, -0.2) is 0 Å². The number of carbonyl (C=O) groups excluding carboxylic acids is 2. The Hall–Kier alpha value is -1.89. The maximum atomic E-state index is 12.1. The summed E-state index contributed by atoms with van der Waals surface area (Å²) >= 11 is 13.1. The second-order valence-corrected chi connectivity index (χ2v) is 7.16. The SMILES string of the molecule is O=C(C[C@@H]1Sc2ccccc2NC1=O)NNc1ccc(Cl)c(Cl)c1. The van der Waals surface area contributed by atoms with Crippen molar-refractivity contribution >= 4 is 58.2 Å². The Kier molecular flexibility index (Phi) is 5.18. The molecule has 3 rings (SSSR count). The smallest absolute Gasteiger partial charge is 0.239 e. The fourth-order valence-corrected chi connectivity index (χ4v) is 3.57. The Morgan fingerprint density at radius 1 is 1.17 bits per heavy atom. The minimum absolute atomic E-state index is 0.0547. The van der Waals surface area contributed by atoms with Crippen LogP contribution in [0.25, 0.3) is 0 Å². The molecular formula is C16H13Cl2N3O2S. The summed E-state index contributed by atoms with van der Waals surface area (Å²) in [5, 5.41) is 3.15. The van der Waals surface area contributed by atoms with Gasteiger partial charge in [0, 0.05) is 11.3 Å². The van der Waals surface area contributed by atoms with Gasteiger partial charge in [0.1, 0.15) is 0 Å². The summed E-state index contributed by atoms with van der Waals surface area (Å²) in [4.78, 5) is 25.1. The molecule has 0 unspecified atom stereocenters. The largest absolute Gasteiger partial charge is 0.324 e. The molecule has 3 N–H and O–H groups in total. The Labute approximate surface area is 153 Å². The maximum absolute atomic E-state index is 12.1. The monoisotopic (exact) mass is 381 g/mol. The number of rotatable bonds is 4. The number of hydrazine groups is 1. The van der Waals surface area contributed by atoms with Crippen molar-refractivity contribution in [3.63, 3.8) is 0 Å². The van der Waals surface area contributed by atoms with Gasteiger partial charge in [0.25, 0.3) is 0 Å². The van der Waals surface area contributed by atoms with Gasteiger partial charge in [0.15, 0.2) is 0 Å². The van der Waals surface area contributed by atoms with Gasteiger partial charge in [0.05, 0.1) is 26.7 Å². The zero-order chi connectivity index (χ0) is 17.1. The first-order valence-electron chi connectivity index (χ1n) is 7.09. The van der Waals surface area contributed by atoms with Gasteiger partial charge in [-0.3, -0.25) is 20.4 Å². The number of benzene rings is 2. The van der Waals surface area contributed by atoms with E-state index in [9.17, 15) is 9.59 Å². The van der Waals surface area contributed by atoms with Crippen LogP contribution in [0, 0.1) is 0 Å². The van der Waals surface area contributed by atoms with E-state index in [0.29, 0.717) is 15.7 Å².